The first-order valence-corrected chi connectivity index (χ1v) is 7.48. The fourth-order valence-corrected chi connectivity index (χ4v) is 1.61. The van der Waals surface area contributed by atoms with Crippen LogP contribution in [0.2, 0.25) is 0 Å². The van der Waals surface area contributed by atoms with Crippen molar-refractivity contribution in [2.24, 2.45) is 0 Å². The number of aromatic nitrogens is 1. The molecule has 0 saturated carbocycles. The fraction of sp³-hybridized carbons (Fsp3) is 0.308. The molecule has 2 unspecified atom stereocenters. The molecule has 0 bridgehead atoms. The molecule has 1 heterocycles. The van der Waals surface area contributed by atoms with Gasteiger partial charge in [-0.25, -0.2) is 4.79 Å². The van der Waals surface area contributed by atoms with Gasteiger partial charge in [0, 0.05) is 47.3 Å². The molecule has 0 aromatic carbocycles. The monoisotopic (exact) mass is 296 g/mol. The Labute approximate surface area is 119 Å². The summed E-state index contributed by atoms with van der Waals surface area (Å²) in [7, 11) is -1.00. The van der Waals surface area contributed by atoms with Crippen LogP contribution in [0.5, 0.6) is 0 Å². The molecule has 0 fully saturated rings. The number of nitrogens with one attached hydrogen (secondary N) is 1. The molecule has 0 radical (unpaired) electrons. The summed E-state index contributed by atoms with van der Waals surface area (Å²) < 4.78 is 11.2. The molecule has 0 aliphatic rings. The van der Waals surface area contributed by atoms with E-state index in [1.165, 1.54) is 24.5 Å². The maximum Gasteiger partial charge on any atom is 0.328 e. The third kappa shape index (κ3) is 5.31. The number of pyridine rings is 1. The first-order valence-electron chi connectivity index (χ1n) is 5.86. The molecule has 2 atom stereocenters. The van der Waals surface area contributed by atoms with Crippen molar-refractivity contribution >= 4 is 28.8 Å². The second kappa shape index (κ2) is 7.54. The zero-order chi connectivity index (χ0) is 15.1. The van der Waals surface area contributed by atoms with Gasteiger partial charge in [-0.3, -0.25) is 14.0 Å². The minimum atomic E-state index is -1.07. The number of carboxylic acids is 1. The number of aliphatic carboxylic acids is 1. The number of nitrogens with zero attached hydrogens (tertiary/aromatic N) is 1. The quantitative estimate of drug-likeness (QED) is 0.752. The lowest BCUT2D eigenvalue weighted by Crippen LogP contribution is -2.32. The second-order valence-corrected chi connectivity index (χ2v) is 6.00. The van der Waals surface area contributed by atoms with Gasteiger partial charge in [-0.15, -0.1) is 0 Å². The topological polar surface area (TPSA) is 96.4 Å². The number of carbonyl (C=O) groups is 2. The van der Waals surface area contributed by atoms with Crippen LogP contribution in [-0.2, 0) is 15.6 Å². The first-order chi connectivity index (χ1) is 9.40. The highest BCUT2D eigenvalue weighted by molar-refractivity contribution is 7.84. The molecule has 108 valence electrons. The molecule has 1 aromatic rings. The van der Waals surface area contributed by atoms with E-state index < -0.39 is 16.8 Å². The van der Waals surface area contributed by atoms with Crippen molar-refractivity contribution in [1.82, 2.24) is 10.3 Å². The first kappa shape index (κ1) is 16.0. The van der Waals surface area contributed by atoms with Crippen LogP contribution in [0.15, 0.2) is 24.5 Å². The number of amides is 1. The van der Waals surface area contributed by atoms with Gasteiger partial charge in [0.2, 0.25) is 0 Å². The Bertz CT molecular complexity index is 557. The van der Waals surface area contributed by atoms with Crippen molar-refractivity contribution in [2.45, 2.75) is 12.2 Å². The van der Waals surface area contributed by atoms with Gasteiger partial charge in [-0.2, -0.15) is 0 Å². The highest BCUT2D eigenvalue weighted by Gasteiger charge is 2.10. The molecule has 1 amide bonds. The van der Waals surface area contributed by atoms with E-state index in [0.29, 0.717) is 17.7 Å². The van der Waals surface area contributed by atoms with Crippen LogP contribution < -0.4 is 5.32 Å². The van der Waals surface area contributed by atoms with Crippen LogP contribution in [0.1, 0.15) is 22.8 Å². The predicted molar refractivity (Wildman–Crippen MR) is 76.8 cm³/mol. The SMILES string of the molecule is CC(CNC(=O)c1cncc(/C=C/C(=O)O)c1)S(C)=O. The Balaban J connectivity index is 2.71. The number of hydrogen-bond acceptors (Lipinski definition) is 4. The summed E-state index contributed by atoms with van der Waals surface area (Å²) in [5.74, 6) is -1.40. The molecule has 6 nitrogen and oxygen atoms in total. The molecule has 7 heteroatoms. The van der Waals surface area contributed by atoms with Gasteiger partial charge in [0.05, 0.1) is 5.56 Å². The van der Waals surface area contributed by atoms with Crippen molar-refractivity contribution in [2.75, 3.05) is 12.8 Å². The number of rotatable bonds is 6. The molecular weight excluding hydrogens is 280 g/mol. The van der Waals surface area contributed by atoms with Crippen molar-refractivity contribution in [3.63, 3.8) is 0 Å². The van der Waals surface area contributed by atoms with Crippen LogP contribution in [0, 0.1) is 0 Å². The van der Waals surface area contributed by atoms with Gasteiger partial charge in [0.1, 0.15) is 0 Å². The van der Waals surface area contributed by atoms with Gasteiger partial charge < -0.3 is 10.4 Å². The summed E-state index contributed by atoms with van der Waals surface area (Å²) in [6.07, 6.45) is 6.76. The molecule has 1 rings (SSSR count). The Morgan fingerprint density at radius 1 is 1.50 bits per heavy atom. The van der Waals surface area contributed by atoms with Crippen LogP contribution in [0.4, 0.5) is 0 Å². The van der Waals surface area contributed by atoms with Crippen LogP contribution in [0.3, 0.4) is 0 Å². The van der Waals surface area contributed by atoms with E-state index in [1.54, 1.807) is 13.2 Å². The van der Waals surface area contributed by atoms with Crippen molar-refractivity contribution in [3.05, 3.63) is 35.7 Å². The molecule has 20 heavy (non-hydrogen) atoms. The van der Waals surface area contributed by atoms with Crippen LogP contribution in [-0.4, -0.2) is 44.2 Å². The summed E-state index contributed by atoms with van der Waals surface area (Å²) in [5.41, 5.74) is 0.846. The maximum absolute atomic E-state index is 11.9. The summed E-state index contributed by atoms with van der Waals surface area (Å²) >= 11 is 0. The largest absolute Gasteiger partial charge is 0.478 e. The normalized spacial score (nSPS) is 13.9. The third-order valence-corrected chi connectivity index (χ3v) is 3.86. The zero-order valence-corrected chi connectivity index (χ0v) is 12.0. The smallest absolute Gasteiger partial charge is 0.328 e. The lowest BCUT2D eigenvalue weighted by molar-refractivity contribution is -0.131. The Hall–Kier alpha value is -2.02. The molecule has 0 aliphatic carbocycles. The van der Waals surface area contributed by atoms with Gasteiger partial charge in [0.25, 0.3) is 5.91 Å². The van der Waals surface area contributed by atoms with Gasteiger partial charge in [-0.05, 0) is 24.6 Å². The van der Waals surface area contributed by atoms with E-state index in [1.807, 2.05) is 0 Å². The summed E-state index contributed by atoms with van der Waals surface area (Å²) in [5, 5.41) is 11.1. The molecule has 0 spiro atoms. The third-order valence-electron chi connectivity index (χ3n) is 2.56. The lowest BCUT2D eigenvalue weighted by atomic mass is 10.2. The molecule has 0 aliphatic heterocycles. The fourth-order valence-electron chi connectivity index (χ4n) is 1.30. The van der Waals surface area contributed by atoms with E-state index in [2.05, 4.69) is 10.3 Å². The maximum atomic E-state index is 11.9. The summed E-state index contributed by atoms with van der Waals surface area (Å²) in [4.78, 5) is 26.2. The Kier molecular flexibility index (Phi) is 6.05. The zero-order valence-electron chi connectivity index (χ0n) is 11.2. The average Bonchev–Trinajstić information content (AvgIpc) is 2.42. The van der Waals surface area contributed by atoms with E-state index in [4.69, 9.17) is 5.11 Å². The number of hydrogen-bond donors (Lipinski definition) is 2. The van der Waals surface area contributed by atoms with E-state index in [-0.39, 0.29) is 11.2 Å². The van der Waals surface area contributed by atoms with Crippen molar-refractivity contribution < 1.29 is 18.9 Å². The van der Waals surface area contributed by atoms with Gasteiger partial charge in [-0.1, -0.05) is 0 Å². The Morgan fingerprint density at radius 2 is 2.20 bits per heavy atom. The molecule has 1 aromatic heterocycles. The average molecular weight is 296 g/mol. The van der Waals surface area contributed by atoms with Gasteiger partial charge >= 0.3 is 5.97 Å². The summed E-state index contributed by atoms with van der Waals surface area (Å²) in [6.45, 7) is 2.08. The van der Waals surface area contributed by atoms with Crippen molar-refractivity contribution in [3.8, 4) is 0 Å². The molecule has 2 N–H and O–H groups in total. The second-order valence-electron chi connectivity index (χ2n) is 4.20. The molecular formula is C13H16N2O4S. The number of carboxylic acid groups (broad SMARTS) is 1. The van der Waals surface area contributed by atoms with E-state index >= 15 is 0 Å². The van der Waals surface area contributed by atoms with Crippen LogP contribution >= 0.6 is 0 Å². The highest BCUT2D eigenvalue weighted by atomic mass is 32.2. The highest BCUT2D eigenvalue weighted by Crippen LogP contribution is 2.05. The van der Waals surface area contributed by atoms with Crippen molar-refractivity contribution in [1.29, 1.82) is 0 Å². The number of carbonyl (C=O) groups excluding carboxylic acids is 1. The predicted octanol–water partition coefficient (Wildman–Crippen LogP) is 0.676. The van der Waals surface area contributed by atoms with Crippen LogP contribution in [0.25, 0.3) is 6.08 Å². The summed E-state index contributed by atoms with van der Waals surface area (Å²) in [6, 6.07) is 1.54. The van der Waals surface area contributed by atoms with E-state index in [0.717, 1.165) is 6.08 Å². The van der Waals surface area contributed by atoms with E-state index in [9.17, 15) is 13.8 Å². The molecule has 0 saturated heterocycles. The standard InChI is InChI=1S/C13H16N2O4S/c1-9(20(2)19)6-15-13(18)11-5-10(7-14-8-11)3-4-12(16)17/h3-5,7-9H,6H2,1-2H3,(H,15,18)(H,16,17)/b4-3+. The minimum Gasteiger partial charge on any atom is -0.478 e. The lowest BCUT2D eigenvalue weighted by Gasteiger charge is -2.09. The Morgan fingerprint density at radius 3 is 2.80 bits per heavy atom. The van der Waals surface area contributed by atoms with Gasteiger partial charge in [0.15, 0.2) is 0 Å². The minimum absolute atomic E-state index is 0.137.